The van der Waals surface area contributed by atoms with Crippen LogP contribution >= 0.6 is 0 Å². The molecule has 2 rings (SSSR count). The van der Waals surface area contributed by atoms with Gasteiger partial charge in [0.05, 0.1) is 5.92 Å². The lowest BCUT2D eigenvalue weighted by atomic mass is 9.89. The Bertz CT molecular complexity index is 681. The molecule has 0 aliphatic carbocycles. The molecule has 0 fully saturated rings. The molecule has 0 bridgehead atoms. The van der Waals surface area contributed by atoms with Crippen molar-refractivity contribution in [2.45, 2.75) is 33.1 Å². The summed E-state index contributed by atoms with van der Waals surface area (Å²) in [6.45, 7) is 3.63. The zero-order valence-corrected chi connectivity index (χ0v) is 14.4. The Hall–Kier alpha value is -2.48. The third-order valence-corrected chi connectivity index (χ3v) is 4.16. The van der Waals surface area contributed by atoms with Gasteiger partial charge in [-0.3, -0.25) is 9.59 Å². The maximum Gasteiger partial charge on any atom is 0.143 e. The molecule has 0 amide bonds. The molecule has 0 aliphatic heterocycles. The molecule has 0 saturated heterocycles. The van der Waals surface area contributed by atoms with Crippen LogP contribution in [0.5, 0.6) is 0 Å². The summed E-state index contributed by atoms with van der Waals surface area (Å²) in [5, 5.41) is 0. The zero-order valence-electron chi connectivity index (χ0n) is 14.4. The van der Waals surface area contributed by atoms with Crippen LogP contribution in [0.25, 0.3) is 12.2 Å². The molecule has 0 N–H and O–H groups in total. The van der Waals surface area contributed by atoms with Crippen LogP contribution in [0.15, 0.2) is 54.6 Å². The summed E-state index contributed by atoms with van der Waals surface area (Å²) in [5.41, 5.74) is 3.28. The molecule has 0 atom stereocenters. The second-order valence-corrected chi connectivity index (χ2v) is 5.88. The summed E-state index contributed by atoms with van der Waals surface area (Å²) in [5.74, 6) is -0.421. The minimum Gasteiger partial charge on any atom is -0.299 e. The van der Waals surface area contributed by atoms with E-state index in [0.29, 0.717) is 19.3 Å². The Balaban J connectivity index is 2.07. The van der Waals surface area contributed by atoms with Gasteiger partial charge in [0.1, 0.15) is 11.6 Å². The van der Waals surface area contributed by atoms with Gasteiger partial charge in [-0.15, -0.1) is 0 Å². The lowest BCUT2D eigenvalue weighted by Crippen LogP contribution is -2.25. The van der Waals surface area contributed by atoms with Gasteiger partial charge in [0.15, 0.2) is 0 Å². The molecule has 0 unspecified atom stereocenters. The average Bonchev–Trinajstić information content (AvgIpc) is 2.65. The number of Topliss-reactive ketones (excluding diaryl/α,β-unsaturated/α-hetero) is 2. The second-order valence-electron chi connectivity index (χ2n) is 5.88. The Kier molecular flexibility index (Phi) is 6.68. The van der Waals surface area contributed by atoms with Gasteiger partial charge >= 0.3 is 0 Å². The second kappa shape index (κ2) is 8.97. The van der Waals surface area contributed by atoms with Gasteiger partial charge in [0.25, 0.3) is 0 Å². The van der Waals surface area contributed by atoms with Gasteiger partial charge in [0, 0.05) is 12.8 Å². The van der Waals surface area contributed by atoms with E-state index in [2.05, 4.69) is 24.3 Å². The number of benzene rings is 2. The van der Waals surface area contributed by atoms with E-state index in [1.165, 1.54) is 0 Å². The first-order chi connectivity index (χ1) is 11.6. The number of hydrogen-bond donors (Lipinski definition) is 0. The topological polar surface area (TPSA) is 34.1 Å². The van der Waals surface area contributed by atoms with Crippen molar-refractivity contribution in [3.63, 3.8) is 0 Å². The molecule has 0 aromatic heterocycles. The molecule has 0 spiro atoms. The van der Waals surface area contributed by atoms with Gasteiger partial charge < -0.3 is 0 Å². The van der Waals surface area contributed by atoms with Crippen LogP contribution in [0.1, 0.15) is 43.4 Å². The van der Waals surface area contributed by atoms with E-state index in [9.17, 15) is 9.59 Å². The van der Waals surface area contributed by atoms with Gasteiger partial charge in [-0.25, -0.2) is 0 Å². The molecule has 2 aromatic carbocycles. The van der Waals surface area contributed by atoms with E-state index >= 15 is 0 Å². The van der Waals surface area contributed by atoms with Crippen molar-refractivity contribution in [1.82, 2.24) is 0 Å². The normalized spacial score (nSPS) is 11.1. The first-order valence-electron chi connectivity index (χ1n) is 8.51. The van der Waals surface area contributed by atoms with E-state index in [1.807, 2.05) is 56.3 Å². The van der Waals surface area contributed by atoms with Crippen LogP contribution < -0.4 is 0 Å². The van der Waals surface area contributed by atoms with Crippen molar-refractivity contribution in [2.24, 2.45) is 5.92 Å². The number of carbonyl (C=O) groups excluding carboxylic acids is 2. The highest BCUT2D eigenvalue weighted by Crippen LogP contribution is 2.16. The maximum absolute atomic E-state index is 12.0. The van der Waals surface area contributed by atoms with Gasteiger partial charge in [-0.1, -0.05) is 80.6 Å². The molecule has 24 heavy (non-hydrogen) atoms. The summed E-state index contributed by atoms with van der Waals surface area (Å²) in [6.07, 6.45) is 5.45. The Morgan fingerprint density at radius 3 is 1.79 bits per heavy atom. The van der Waals surface area contributed by atoms with E-state index in [4.69, 9.17) is 0 Å². The van der Waals surface area contributed by atoms with Crippen LogP contribution in [0.3, 0.4) is 0 Å². The van der Waals surface area contributed by atoms with Crippen molar-refractivity contribution >= 4 is 23.7 Å². The van der Waals surface area contributed by atoms with E-state index in [-0.39, 0.29) is 11.6 Å². The Morgan fingerprint density at radius 2 is 1.29 bits per heavy atom. The number of rotatable bonds is 8. The molecular weight excluding hydrogens is 296 g/mol. The monoisotopic (exact) mass is 320 g/mol. The van der Waals surface area contributed by atoms with E-state index in [1.54, 1.807) is 0 Å². The molecule has 2 nitrogen and oxygen atoms in total. The minimum atomic E-state index is -0.495. The summed E-state index contributed by atoms with van der Waals surface area (Å²) < 4.78 is 0. The van der Waals surface area contributed by atoms with Crippen molar-refractivity contribution in [1.29, 1.82) is 0 Å². The molecule has 0 saturated carbocycles. The third-order valence-electron chi connectivity index (χ3n) is 4.16. The van der Waals surface area contributed by atoms with Crippen molar-refractivity contribution < 1.29 is 9.59 Å². The van der Waals surface area contributed by atoms with Crippen LogP contribution in [-0.2, 0) is 16.0 Å². The minimum absolute atomic E-state index is 0.0369. The standard InChI is InChI=1S/C22H24O2/c1-3-21(23)20(22(24)4-2)16-19-14-12-18(13-15-19)11-10-17-8-6-5-7-9-17/h5-15,20H,3-4,16H2,1-2H3. The highest BCUT2D eigenvalue weighted by atomic mass is 16.1. The molecule has 0 aliphatic rings. The molecule has 0 radical (unpaired) electrons. The maximum atomic E-state index is 12.0. The molecule has 0 heterocycles. The van der Waals surface area contributed by atoms with Crippen molar-refractivity contribution in [3.05, 3.63) is 71.3 Å². The highest BCUT2D eigenvalue weighted by molar-refractivity contribution is 6.02. The van der Waals surface area contributed by atoms with Crippen molar-refractivity contribution in [2.75, 3.05) is 0 Å². The zero-order chi connectivity index (χ0) is 17.4. The Morgan fingerprint density at radius 1 is 0.792 bits per heavy atom. The molecule has 2 heteroatoms. The fourth-order valence-corrected chi connectivity index (χ4v) is 2.66. The molecule has 2 aromatic rings. The number of ketones is 2. The number of carbonyl (C=O) groups is 2. The molecular formula is C22H24O2. The van der Waals surface area contributed by atoms with E-state index in [0.717, 1.165) is 16.7 Å². The summed E-state index contributed by atoms with van der Waals surface area (Å²) in [7, 11) is 0. The fraction of sp³-hybridized carbons (Fsp3) is 0.273. The van der Waals surface area contributed by atoms with Crippen LogP contribution in [-0.4, -0.2) is 11.6 Å². The largest absolute Gasteiger partial charge is 0.299 e. The highest BCUT2D eigenvalue weighted by Gasteiger charge is 2.23. The smallest absolute Gasteiger partial charge is 0.143 e. The van der Waals surface area contributed by atoms with Gasteiger partial charge in [-0.05, 0) is 23.1 Å². The quantitative estimate of drug-likeness (QED) is 0.508. The van der Waals surface area contributed by atoms with Gasteiger partial charge in [-0.2, -0.15) is 0 Å². The lowest BCUT2D eigenvalue weighted by Gasteiger charge is -2.13. The van der Waals surface area contributed by atoms with E-state index < -0.39 is 5.92 Å². The predicted molar refractivity (Wildman–Crippen MR) is 99.6 cm³/mol. The average molecular weight is 320 g/mol. The first-order valence-corrected chi connectivity index (χ1v) is 8.51. The lowest BCUT2D eigenvalue weighted by molar-refractivity contribution is -0.132. The summed E-state index contributed by atoms with van der Waals surface area (Å²) >= 11 is 0. The molecule has 124 valence electrons. The van der Waals surface area contributed by atoms with Crippen LogP contribution in [0, 0.1) is 5.92 Å². The van der Waals surface area contributed by atoms with Crippen molar-refractivity contribution in [3.8, 4) is 0 Å². The first kappa shape index (κ1) is 17.9. The van der Waals surface area contributed by atoms with Crippen LogP contribution in [0.4, 0.5) is 0 Å². The van der Waals surface area contributed by atoms with Crippen LogP contribution in [0.2, 0.25) is 0 Å². The predicted octanol–water partition coefficient (Wildman–Crippen LogP) is 4.97. The summed E-state index contributed by atoms with van der Waals surface area (Å²) in [4.78, 5) is 24.0. The summed E-state index contributed by atoms with van der Waals surface area (Å²) in [6, 6.07) is 18.2. The number of hydrogen-bond acceptors (Lipinski definition) is 2. The Labute approximate surface area is 144 Å². The fourth-order valence-electron chi connectivity index (χ4n) is 2.66. The SMILES string of the molecule is CCC(=O)C(Cc1ccc(C=Cc2ccccc2)cc1)C(=O)CC. The third kappa shape index (κ3) is 5.02. The van der Waals surface area contributed by atoms with Gasteiger partial charge in [0.2, 0.25) is 0 Å².